The number of hydrogen-bond donors (Lipinski definition) is 3. The van der Waals surface area contributed by atoms with Crippen LogP contribution in [-0.4, -0.2) is 43.1 Å². The van der Waals surface area contributed by atoms with Crippen molar-refractivity contribution in [2.24, 2.45) is 5.73 Å². The van der Waals surface area contributed by atoms with Gasteiger partial charge in [0.2, 0.25) is 0 Å². The van der Waals surface area contributed by atoms with Gasteiger partial charge in [0.25, 0.3) is 0 Å². The third kappa shape index (κ3) is 3.81. The lowest BCUT2D eigenvalue weighted by molar-refractivity contribution is 0.265. The monoisotopic (exact) mass is 224 g/mol. The van der Waals surface area contributed by atoms with Crippen LogP contribution in [-0.2, 0) is 6.42 Å². The minimum atomic E-state index is -0.193. The molecule has 0 aromatic heterocycles. The predicted molar refractivity (Wildman–Crippen MR) is 65.6 cm³/mol. The number of likely N-dealkylation sites (N-methyl/N-ethyl adjacent to an activating group) is 1. The van der Waals surface area contributed by atoms with Gasteiger partial charge in [-0.1, -0.05) is 12.1 Å². The summed E-state index contributed by atoms with van der Waals surface area (Å²) in [6.07, 6.45) is 0.681. The fourth-order valence-electron chi connectivity index (χ4n) is 1.53. The number of rotatable bonds is 6. The Morgan fingerprint density at radius 3 is 2.38 bits per heavy atom. The fraction of sp³-hybridized carbons (Fsp3) is 0.500. The van der Waals surface area contributed by atoms with Gasteiger partial charge in [-0.15, -0.1) is 0 Å². The molecule has 0 bridgehead atoms. The molecule has 4 nitrogen and oxygen atoms in total. The molecule has 0 aliphatic heterocycles. The summed E-state index contributed by atoms with van der Waals surface area (Å²) < 4.78 is 0. The molecule has 0 saturated carbocycles. The molecule has 0 heterocycles. The Morgan fingerprint density at radius 1 is 1.25 bits per heavy atom. The Labute approximate surface area is 96.3 Å². The fourth-order valence-corrected chi connectivity index (χ4v) is 1.53. The second kappa shape index (κ2) is 6.48. The number of aliphatic hydroxyl groups excluding tert-OH is 2. The van der Waals surface area contributed by atoms with Crippen LogP contribution in [0.5, 0.6) is 0 Å². The standard InChI is InChI=1S/C12H20N2O2/c1-14(6-7-15)12-4-2-10(3-5-12)8-11(13)9-16/h2-5,11,15-16H,6-9,13H2,1H3. The van der Waals surface area contributed by atoms with Crippen LogP contribution in [0.4, 0.5) is 5.69 Å². The van der Waals surface area contributed by atoms with Crippen molar-refractivity contribution in [3.8, 4) is 0 Å². The molecule has 0 aliphatic carbocycles. The lowest BCUT2D eigenvalue weighted by atomic mass is 10.1. The molecule has 1 aromatic rings. The Morgan fingerprint density at radius 2 is 1.88 bits per heavy atom. The summed E-state index contributed by atoms with van der Waals surface area (Å²) in [6.45, 7) is 0.773. The highest BCUT2D eigenvalue weighted by Crippen LogP contribution is 2.14. The average Bonchev–Trinajstić information content (AvgIpc) is 2.30. The summed E-state index contributed by atoms with van der Waals surface area (Å²) in [4.78, 5) is 1.98. The summed E-state index contributed by atoms with van der Waals surface area (Å²) in [5.41, 5.74) is 7.84. The van der Waals surface area contributed by atoms with Gasteiger partial charge in [0.15, 0.2) is 0 Å². The van der Waals surface area contributed by atoms with E-state index >= 15 is 0 Å². The van der Waals surface area contributed by atoms with Gasteiger partial charge >= 0.3 is 0 Å². The van der Waals surface area contributed by atoms with Crippen molar-refractivity contribution < 1.29 is 10.2 Å². The normalized spacial score (nSPS) is 12.5. The first-order chi connectivity index (χ1) is 7.67. The molecule has 0 amide bonds. The van der Waals surface area contributed by atoms with E-state index < -0.39 is 0 Å². The molecule has 4 heteroatoms. The molecule has 0 spiro atoms. The van der Waals surface area contributed by atoms with Gasteiger partial charge in [0.1, 0.15) is 0 Å². The van der Waals surface area contributed by atoms with E-state index in [9.17, 15) is 0 Å². The van der Waals surface area contributed by atoms with E-state index in [1.54, 1.807) is 0 Å². The van der Waals surface area contributed by atoms with E-state index in [1.807, 2.05) is 36.2 Å². The number of nitrogens with zero attached hydrogens (tertiary/aromatic N) is 1. The van der Waals surface area contributed by atoms with Gasteiger partial charge in [-0.3, -0.25) is 0 Å². The van der Waals surface area contributed by atoms with Crippen molar-refractivity contribution in [3.05, 3.63) is 29.8 Å². The molecule has 0 radical (unpaired) electrons. The number of aliphatic hydroxyl groups is 2. The molecule has 0 saturated heterocycles. The van der Waals surface area contributed by atoms with Gasteiger partial charge in [0.05, 0.1) is 13.2 Å². The van der Waals surface area contributed by atoms with Crippen molar-refractivity contribution in [2.45, 2.75) is 12.5 Å². The van der Waals surface area contributed by atoms with Gasteiger partial charge in [-0.2, -0.15) is 0 Å². The van der Waals surface area contributed by atoms with E-state index in [4.69, 9.17) is 15.9 Å². The van der Waals surface area contributed by atoms with Gasteiger partial charge in [-0.25, -0.2) is 0 Å². The molecular weight excluding hydrogens is 204 g/mol. The number of anilines is 1. The highest BCUT2D eigenvalue weighted by Gasteiger charge is 2.03. The Kier molecular flexibility index (Phi) is 5.25. The highest BCUT2D eigenvalue weighted by molar-refractivity contribution is 5.46. The molecular formula is C12H20N2O2. The van der Waals surface area contributed by atoms with Crippen LogP contribution in [0.3, 0.4) is 0 Å². The lowest BCUT2D eigenvalue weighted by Crippen LogP contribution is -2.26. The number of benzene rings is 1. The first kappa shape index (κ1) is 13.0. The van der Waals surface area contributed by atoms with Crippen molar-refractivity contribution >= 4 is 5.69 Å². The van der Waals surface area contributed by atoms with E-state index in [1.165, 1.54) is 0 Å². The molecule has 1 atom stereocenters. The quantitative estimate of drug-likeness (QED) is 0.635. The van der Waals surface area contributed by atoms with Crippen LogP contribution >= 0.6 is 0 Å². The summed E-state index contributed by atoms with van der Waals surface area (Å²) >= 11 is 0. The van der Waals surface area contributed by atoms with Crippen LogP contribution in [0.15, 0.2) is 24.3 Å². The van der Waals surface area contributed by atoms with Gasteiger partial charge in [-0.05, 0) is 24.1 Å². The van der Waals surface area contributed by atoms with Crippen molar-refractivity contribution in [1.82, 2.24) is 0 Å². The first-order valence-corrected chi connectivity index (χ1v) is 5.44. The molecule has 1 aromatic carbocycles. The lowest BCUT2D eigenvalue weighted by Gasteiger charge is -2.18. The minimum absolute atomic E-state index is 0.00612. The van der Waals surface area contributed by atoms with Crippen LogP contribution in [0.1, 0.15) is 5.56 Å². The maximum atomic E-state index is 8.85. The Balaban J connectivity index is 2.60. The zero-order valence-corrected chi connectivity index (χ0v) is 9.63. The van der Waals surface area contributed by atoms with Crippen molar-refractivity contribution in [2.75, 3.05) is 31.7 Å². The predicted octanol–water partition coefficient (Wildman–Crippen LogP) is -0.0228. The second-order valence-electron chi connectivity index (χ2n) is 3.96. The van der Waals surface area contributed by atoms with Crippen molar-refractivity contribution in [3.63, 3.8) is 0 Å². The second-order valence-corrected chi connectivity index (χ2v) is 3.96. The third-order valence-corrected chi connectivity index (χ3v) is 2.54. The SMILES string of the molecule is CN(CCO)c1ccc(CC(N)CO)cc1. The molecule has 90 valence electrons. The van der Waals surface area contributed by atoms with Crippen LogP contribution < -0.4 is 10.6 Å². The first-order valence-electron chi connectivity index (χ1n) is 5.44. The molecule has 16 heavy (non-hydrogen) atoms. The average molecular weight is 224 g/mol. The number of hydrogen-bond acceptors (Lipinski definition) is 4. The molecule has 0 aliphatic rings. The maximum absolute atomic E-state index is 8.85. The topological polar surface area (TPSA) is 69.7 Å². The zero-order valence-electron chi connectivity index (χ0n) is 9.63. The maximum Gasteiger partial charge on any atom is 0.0606 e. The van der Waals surface area contributed by atoms with E-state index in [0.717, 1.165) is 11.3 Å². The van der Waals surface area contributed by atoms with Gasteiger partial charge in [0, 0.05) is 25.3 Å². The largest absolute Gasteiger partial charge is 0.395 e. The molecule has 1 rings (SSSR count). The van der Waals surface area contributed by atoms with Crippen LogP contribution in [0.2, 0.25) is 0 Å². The van der Waals surface area contributed by atoms with Crippen LogP contribution in [0.25, 0.3) is 0 Å². The Bertz CT molecular complexity index is 300. The summed E-state index contributed by atoms with van der Waals surface area (Å²) in [6, 6.07) is 7.79. The Hall–Kier alpha value is -1.10. The molecule has 1 unspecified atom stereocenters. The van der Waals surface area contributed by atoms with E-state index in [0.29, 0.717) is 13.0 Å². The third-order valence-electron chi connectivity index (χ3n) is 2.54. The van der Waals surface area contributed by atoms with E-state index in [-0.39, 0.29) is 19.3 Å². The van der Waals surface area contributed by atoms with Crippen molar-refractivity contribution in [1.29, 1.82) is 0 Å². The highest BCUT2D eigenvalue weighted by atomic mass is 16.3. The summed E-state index contributed by atoms with van der Waals surface area (Å²) in [7, 11) is 1.94. The number of nitrogens with two attached hydrogens (primary N) is 1. The molecule has 0 fully saturated rings. The zero-order chi connectivity index (χ0) is 12.0. The molecule has 4 N–H and O–H groups in total. The smallest absolute Gasteiger partial charge is 0.0606 e. The minimum Gasteiger partial charge on any atom is -0.395 e. The van der Waals surface area contributed by atoms with E-state index in [2.05, 4.69) is 0 Å². The summed E-state index contributed by atoms with van der Waals surface area (Å²) in [5.74, 6) is 0. The summed E-state index contributed by atoms with van der Waals surface area (Å²) in [5, 5.41) is 17.7. The van der Waals surface area contributed by atoms with Gasteiger partial charge < -0.3 is 20.8 Å². The van der Waals surface area contributed by atoms with Crippen LogP contribution in [0, 0.1) is 0 Å².